The zero-order chi connectivity index (χ0) is 11.3. The van der Waals surface area contributed by atoms with Crippen LogP contribution in [0, 0.1) is 12.8 Å². The van der Waals surface area contributed by atoms with Gasteiger partial charge < -0.3 is 5.32 Å². The molecule has 0 unspecified atom stereocenters. The minimum atomic E-state index is 0.771. The van der Waals surface area contributed by atoms with Gasteiger partial charge in [-0.1, -0.05) is 13.8 Å². The Hall–Kier alpha value is -0.0600. The third-order valence-corrected chi connectivity index (χ3v) is 4.67. The highest BCUT2D eigenvalue weighted by atomic mass is 32.2. The Morgan fingerprint density at radius 3 is 2.80 bits per heavy atom. The largest absolute Gasteiger partial charge is 0.315 e. The molecule has 1 N–H and O–H groups in total. The molecule has 1 aromatic heterocycles. The van der Waals surface area contributed by atoms with Crippen molar-refractivity contribution in [2.45, 2.75) is 33.1 Å². The molecule has 0 atom stereocenters. The molecule has 0 aliphatic rings. The molecule has 2 nitrogen and oxygen atoms in total. The van der Waals surface area contributed by atoms with E-state index in [0.717, 1.165) is 18.2 Å². The molecule has 0 aliphatic heterocycles. The molecular weight excluding hydrogens is 224 g/mol. The summed E-state index contributed by atoms with van der Waals surface area (Å²) in [6.07, 6.45) is 0. The summed E-state index contributed by atoms with van der Waals surface area (Å²) >= 11 is 3.82. The summed E-state index contributed by atoms with van der Waals surface area (Å²) in [7, 11) is 1.98. The number of rotatable bonds is 6. The predicted octanol–water partition coefficient (Wildman–Crippen LogP) is 3.06. The topological polar surface area (TPSA) is 24.9 Å². The summed E-state index contributed by atoms with van der Waals surface area (Å²) in [5, 5.41) is 4.44. The first-order chi connectivity index (χ1) is 7.13. The van der Waals surface area contributed by atoms with Crippen LogP contribution in [0.15, 0.2) is 0 Å². The molecule has 1 aromatic rings. The maximum Gasteiger partial charge on any atom is 0.103 e. The normalized spacial score (nSPS) is 11.3. The molecule has 0 aromatic carbocycles. The average molecular weight is 244 g/mol. The molecule has 0 saturated heterocycles. The molecule has 0 bridgehead atoms. The number of nitrogens with one attached hydrogen (secondary N) is 1. The monoisotopic (exact) mass is 244 g/mol. The lowest BCUT2D eigenvalue weighted by Gasteiger charge is -2.01. The van der Waals surface area contributed by atoms with Crippen LogP contribution in [0.2, 0.25) is 0 Å². The van der Waals surface area contributed by atoms with Crippen LogP contribution in [0.4, 0.5) is 0 Å². The third-order valence-electron chi connectivity index (χ3n) is 1.95. The van der Waals surface area contributed by atoms with Crippen LogP contribution >= 0.6 is 23.1 Å². The van der Waals surface area contributed by atoms with Gasteiger partial charge >= 0.3 is 0 Å². The molecule has 0 aliphatic carbocycles. The molecule has 0 saturated carbocycles. The van der Waals surface area contributed by atoms with E-state index in [0.29, 0.717) is 0 Å². The second kappa shape index (κ2) is 6.51. The lowest BCUT2D eigenvalue weighted by Crippen LogP contribution is -2.04. The number of aryl methyl sites for hydroxylation is 1. The fraction of sp³-hybridized carbons (Fsp3) is 0.727. The second-order valence-corrected chi connectivity index (χ2v) is 6.25. The maximum absolute atomic E-state index is 4.58. The van der Waals surface area contributed by atoms with E-state index < -0.39 is 0 Å². The average Bonchev–Trinajstić information content (AvgIpc) is 2.47. The molecule has 0 spiro atoms. The van der Waals surface area contributed by atoms with Crippen molar-refractivity contribution in [3.63, 3.8) is 0 Å². The predicted molar refractivity (Wildman–Crippen MR) is 70.6 cm³/mol. The molecule has 15 heavy (non-hydrogen) atoms. The summed E-state index contributed by atoms with van der Waals surface area (Å²) in [4.78, 5) is 5.96. The van der Waals surface area contributed by atoms with Crippen molar-refractivity contribution in [1.29, 1.82) is 0 Å². The molecule has 1 rings (SSSR count). The van der Waals surface area contributed by atoms with E-state index >= 15 is 0 Å². The lowest BCUT2D eigenvalue weighted by atomic mass is 10.3. The van der Waals surface area contributed by atoms with Crippen molar-refractivity contribution in [2.24, 2.45) is 5.92 Å². The van der Waals surface area contributed by atoms with E-state index in [1.807, 2.05) is 30.1 Å². The van der Waals surface area contributed by atoms with E-state index in [2.05, 4.69) is 31.1 Å². The maximum atomic E-state index is 4.58. The fourth-order valence-corrected chi connectivity index (χ4v) is 3.45. The Balaban J connectivity index is 2.44. The van der Waals surface area contributed by atoms with Crippen LogP contribution < -0.4 is 5.32 Å². The number of thioether (sulfide) groups is 1. The van der Waals surface area contributed by atoms with Gasteiger partial charge in [-0.25, -0.2) is 4.98 Å². The van der Waals surface area contributed by atoms with Crippen molar-refractivity contribution in [2.75, 3.05) is 12.8 Å². The summed E-state index contributed by atoms with van der Waals surface area (Å²) in [5.41, 5.74) is 1.19. The van der Waals surface area contributed by atoms with Crippen molar-refractivity contribution in [1.82, 2.24) is 10.3 Å². The highest BCUT2D eigenvalue weighted by Gasteiger charge is 2.06. The van der Waals surface area contributed by atoms with Crippen molar-refractivity contribution < 1.29 is 0 Å². The third kappa shape index (κ3) is 4.53. The Morgan fingerprint density at radius 1 is 1.47 bits per heavy atom. The first kappa shape index (κ1) is 13.0. The van der Waals surface area contributed by atoms with Crippen molar-refractivity contribution in [3.8, 4) is 0 Å². The first-order valence-corrected chi connectivity index (χ1v) is 7.28. The van der Waals surface area contributed by atoms with Crippen molar-refractivity contribution in [3.05, 3.63) is 15.6 Å². The van der Waals surface area contributed by atoms with E-state index in [4.69, 9.17) is 0 Å². The van der Waals surface area contributed by atoms with E-state index in [-0.39, 0.29) is 0 Å². The molecule has 4 heteroatoms. The van der Waals surface area contributed by atoms with E-state index in [1.165, 1.54) is 21.3 Å². The van der Waals surface area contributed by atoms with Gasteiger partial charge in [-0.3, -0.25) is 0 Å². The van der Waals surface area contributed by atoms with Gasteiger partial charge in [0.25, 0.3) is 0 Å². The fourth-order valence-electron chi connectivity index (χ4n) is 1.26. The van der Waals surface area contributed by atoms with Gasteiger partial charge in [0, 0.05) is 17.2 Å². The minimum absolute atomic E-state index is 0.771. The number of hydrogen-bond donors (Lipinski definition) is 1. The second-order valence-electron chi connectivity index (χ2n) is 4.06. The zero-order valence-electron chi connectivity index (χ0n) is 9.96. The van der Waals surface area contributed by atoms with Crippen LogP contribution in [0.1, 0.15) is 29.4 Å². The Labute approximate surface area is 101 Å². The Morgan fingerprint density at radius 2 is 2.20 bits per heavy atom. The van der Waals surface area contributed by atoms with E-state index in [9.17, 15) is 0 Å². The number of hydrogen-bond acceptors (Lipinski definition) is 4. The van der Waals surface area contributed by atoms with Crippen molar-refractivity contribution >= 4 is 23.1 Å². The van der Waals surface area contributed by atoms with Gasteiger partial charge in [0.1, 0.15) is 5.01 Å². The van der Waals surface area contributed by atoms with Crippen LogP contribution in [-0.2, 0) is 12.3 Å². The Kier molecular flexibility index (Phi) is 5.64. The standard InChI is InChI=1S/C11H20N2S2/c1-8(2)6-14-7-11-13-9(3)10(15-11)5-12-4/h8,12H,5-7H2,1-4H3. The summed E-state index contributed by atoms with van der Waals surface area (Å²) in [5.74, 6) is 3.06. The molecule has 0 fully saturated rings. The highest BCUT2D eigenvalue weighted by Crippen LogP contribution is 2.22. The highest BCUT2D eigenvalue weighted by molar-refractivity contribution is 7.98. The first-order valence-electron chi connectivity index (χ1n) is 5.31. The number of aromatic nitrogens is 1. The van der Waals surface area contributed by atoms with Gasteiger partial charge in [0.15, 0.2) is 0 Å². The van der Waals surface area contributed by atoms with Crippen LogP contribution in [0.3, 0.4) is 0 Å². The molecule has 0 radical (unpaired) electrons. The molecule has 1 heterocycles. The van der Waals surface area contributed by atoms with Gasteiger partial charge in [0.05, 0.1) is 5.69 Å². The van der Waals surface area contributed by atoms with Gasteiger partial charge in [0.2, 0.25) is 0 Å². The molecule has 86 valence electrons. The van der Waals surface area contributed by atoms with Gasteiger partial charge in [-0.2, -0.15) is 11.8 Å². The molecular formula is C11H20N2S2. The van der Waals surface area contributed by atoms with Crippen LogP contribution in [-0.4, -0.2) is 17.8 Å². The smallest absolute Gasteiger partial charge is 0.103 e. The van der Waals surface area contributed by atoms with Crippen LogP contribution in [0.25, 0.3) is 0 Å². The summed E-state index contributed by atoms with van der Waals surface area (Å²) in [6.45, 7) is 7.55. The lowest BCUT2D eigenvalue weighted by molar-refractivity contribution is 0.750. The minimum Gasteiger partial charge on any atom is -0.315 e. The van der Waals surface area contributed by atoms with Gasteiger partial charge in [-0.15, -0.1) is 11.3 Å². The summed E-state index contributed by atoms with van der Waals surface area (Å²) < 4.78 is 0. The van der Waals surface area contributed by atoms with Gasteiger partial charge in [-0.05, 0) is 25.6 Å². The quantitative estimate of drug-likeness (QED) is 0.832. The molecule has 0 amide bonds. The summed E-state index contributed by atoms with van der Waals surface area (Å²) in [6, 6.07) is 0. The number of nitrogens with zero attached hydrogens (tertiary/aromatic N) is 1. The number of thiazole rings is 1. The SMILES string of the molecule is CNCc1sc(CSCC(C)C)nc1C. The Bertz CT molecular complexity index is 295. The zero-order valence-corrected chi connectivity index (χ0v) is 11.6. The van der Waals surface area contributed by atoms with Crippen LogP contribution in [0.5, 0.6) is 0 Å². The van der Waals surface area contributed by atoms with E-state index in [1.54, 1.807) is 0 Å².